The molecule has 1 heterocycles. The fraction of sp³-hybridized carbons (Fsp3) is 0.381. The molecule has 0 saturated carbocycles. The van der Waals surface area contributed by atoms with Crippen LogP contribution < -0.4 is 0 Å². The summed E-state index contributed by atoms with van der Waals surface area (Å²) in [5, 5.41) is 0.714. The highest BCUT2D eigenvalue weighted by molar-refractivity contribution is 7.88. The van der Waals surface area contributed by atoms with Crippen LogP contribution in [0.2, 0.25) is 10.0 Å². The van der Waals surface area contributed by atoms with E-state index in [1.54, 1.807) is 30.1 Å². The predicted octanol–water partition coefficient (Wildman–Crippen LogP) is 4.19. The zero-order valence-electron chi connectivity index (χ0n) is 16.2. The molecule has 0 unspecified atom stereocenters. The Bertz CT molecular complexity index is 967. The maximum atomic E-state index is 12.9. The molecule has 1 aliphatic heterocycles. The van der Waals surface area contributed by atoms with Gasteiger partial charge in [0.2, 0.25) is 15.9 Å². The van der Waals surface area contributed by atoms with Gasteiger partial charge < -0.3 is 4.90 Å². The molecule has 0 aromatic heterocycles. The second kappa shape index (κ2) is 9.47. The molecule has 156 valence electrons. The number of rotatable bonds is 6. The van der Waals surface area contributed by atoms with E-state index in [2.05, 4.69) is 0 Å². The van der Waals surface area contributed by atoms with E-state index in [1.165, 1.54) is 4.31 Å². The number of sulfonamides is 1. The summed E-state index contributed by atoms with van der Waals surface area (Å²) in [5.41, 5.74) is 1.62. The molecule has 1 amide bonds. The number of carbonyl (C=O) groups excluding carboxylic acids is 1. The van der Waals surface area contributed by atoms with E-state index < -0.39 is 10.0 Å². The van der Waals surface area contributed by atoms with Crippen LogP contribution in [0.5, 0.6) is 0 Å². The number of hydrogen-bond acceptors (Lipinski definition) is 3. The van der Waals surface area contributed by atoms with Gasteiger partial charge in [-0.2, -0.15) is 0 Å². The topological polar surface area (TPSA) is 57.7 Å². The van der Waals surface area contributed by atoms with Crippen molar-refractivity contribution in [3.8, 4) is 0 Å². The summed E-state index contributed by atoms with van der Waals surface area (Å²) in [7, 11) is -1.79. The Labute approximate surface area is 182 Å². The summed E-state index contributed by atoms with van der Waals surface area (Å²) in [5.74, 6) is -0.519. The van der Waals surface area contributed by atoms with Crippen molar-refractivity contribution >= 4 is 39.1 Å². The summed E-state index contributed by atoms with van der Waals surface area (Å²) >= 11 is 11.9. The Hall–Kier alpha value is -1.60. The van der Waals surface area contributed by atoms with Crippen molar-refractivity contribution in [3.63, 3.8) is 0 Å². The minimum atomic E-state index is -3.56. The van der Waals surface area contributed by atoms with Crippen molar-refractivity contribution in [2.24, 2.45) is 5.92 Å². The van der Waals surface area contributed by atoms with E-state index in [9.17, 15) is 13.2 Å². The molecule has 2 aromatic carbocycles. The van der Waals surface area contributed by atoms with Crippen LogP contribution in [0.25, 0.3) is 0 Å². The van der Waals surface area contributed by atoms with Crippen LogP contribution in [0, 0.1) is 5.92 Å². The van der Waals surface area contributed by atoms with Gasteiger partial charge in [-0.1, -0.05) is 59.6 Å². The molecule has 0 bridgehead atoms. The molecule has 1 fully saturated rings. The minimum Gasteiger partial charge on any atom is -0.341 e. The normalized spacial score (nSPS) is 17.8. The van der Waals surface area contributed by atoms with Gasteiger partial charge in [0.05, 0.1) is 21.7 Å². The van der Waals surface area contributed by atoms with Crippen LogP contribution in [-0.4, -0.2) is 43.7 Å². The summed E-state index contributed by atoms with van der Waals surface area (Å²) in [6.45, 7) is 1.14. The zero-order valence-corrected chi connectivity index (χ0v) is 18.6. The summed E-state index contributed by atoms with van der Waals surface area (Å²) in [4.78, 5) is 14.6. The monoisotopic (exact) mass is 454 g/mol. The van der Waals surface area contributed by atoms with Crippen LogP contribution >= 0.6 is 23.2 Å². The van der Waals surface area contributed by atoms with Crippen molar-refractivity contribution in [1.29, 1.82) is 0 Å². The number of amides is 1. The van der Waals surface area contributed by atoms with Crippen LogP contribution in [0.1, 0.15) is 24.0 Å². The van der Waals surface area contributed by atoms with Crippen LogP contribution in [-0.2, 0) is 27.1 Å². The fourth-order valence-corrected chi connectivity index (χ4v) is 5.49. The fourth-order valence-electron chi connectivity index (χ4n) is 3.57. The Kier molecular flexibility index (Phi) is 7.22. The van der Waals surface area contributed by atoms with Gasteiger partial charge in [-0.25, -0.2) is 12.7 Å². The molecular weight excluding hydrogens is 431 g/mol. The second-order valence-corrected chi connectivity index (χ2v) is 10.2. The number of hydrogen-bond donors (Lipinski definition) is 0. The maximum Gasteiger partial charge on any atom is 0.227 e. The molecule has 0 N–H and O–H groups in total. The van der Waals surface area contributed by atoms with Crippen LogP contribution in [0.3, 0.4) is 0 Å². The Morgan fingerprint density at radius 3 is 2.52 bits per heavy atom. The molecule has 5 nitrogen and oxygen atoms in total. The number of halogens is 2. The SMILES string of the molecule is CN(Cc1ccccc1)C(=O)[C@@H]1CCCN(S(=O)(=O)Cc2ccc(Cl)c(Cl)c2)C1. The molecule has 8 heteroatoms. The molecule has 0 spiro atoms. The molecule has 1 atom stereocenters. The lowest BCUT2D eigenvalue weighted by Crippen LogP contribution is -2.46. The number of benzene rings is 2. The predicted molar refractivity (Wildman–Crippen MR) is 116 cm³/mol. The van der Waals surface area contributed by atoms with Crippen molar-refractivity contribution in [1.82, 2.24) is 9.21 Å². The van der Waals surface area contributed by atoms with E-state index in [4.69, 9.17) is 23.2 Å². The van der Waals surface area contributed by atoms with E-state index in [0.29, 0.717) is 41.5 Å². The van der Waals surface area contributed by atoms with Gasteiger partial charge in [0.25, 0.3) is 0 Å². The van der Waals surface area contributed by atoms with Gasteiger partial charge in [-0.15, -0.1) is 0 Å². The lowest BCUT2D eigenvalue weighted by Gasteiger charge is -2.33. The summed E-state index contributed by atoms with van der Waals surface area (Å²) < 4.78 is 27.2. The zero-order chi connectivity index (χ0) is 21.0. The summed E-state index contributed by atoms with van der Waals surface area (Å²) in [6, 6.07) is 14.6. The minimum absolute atomic E-state index is 0.0247. The molecule has 2 aromatic rings. The van der Waals surface area contributed by atoms with Gasteiger partial charge in [0, 0.05) is 26.7 Å². The second-order valence-electron chi connectivity index (χ2n) is 7.38. The van der Waals surface area contributed by atoms with Crippen LogP contribution in [0.4, 0.5) is 0 Å². The van der Waals surface area contributed by atoms with Crippen molar-refractivity contribution in [3.05, 3.63) is 69.7 Å². The number of nitrogens with zero attached hydrogens (tertiary/aromatic N) is 2. The third-order valence-corrected chi connectivity index (χ3v) is 7.65. The maximum absolute atomic E-state index is 12.9. The third-order valence-electron chi connectivity index (χ3n) is 5.10. The molecule has 3 rings (SSSR count). The standard InChI is InChI=1S/C21H24Cl2N2O3S/c1-24(13-16-6-3-2-4-7-16)21(26)18-8-5-11-25(14-18)29(27,28)15-17-9-10-19(22)20(23)12-17/h2-4,6-7,9-10,12,18H,5,8,11,13-15H2,1H3/t18-/m1/s1. The molecule has 0 radical (unpaired) electrons. The molecule has 29 heavy (non-hydrogen) atoms. The smallest absolute Gasteiger partial charge is 0.227 e. The van der Waals surface area contributed by atoms with Gasteiger partial charge in [0.1, 0.15) is 0 Å². The Morgan fingerprint density at radius 1 is 1.10 bits per heavy atom. The first-order valence-corrected chi connectivity index (χ1v) is 11.8. The molecular formula is C21H24Cl2N2O3S. The first kappa shape index (κ1) is 22.1. The molecule has 0 aliphatic carbocycles. The Balaban J connectivity index is 1.65. The highest BCUT2D eigenvalue weighted by Crippen LogP contribution is 2.26. The first-order chi connectivity index (χ1) is 13.8. The van der Waals surface area contributed by atoms with Gasteiger partial charge >= 0.3 is 0 Å². The molecule has 1 aliphatic rings. The van der Waals surface area contributed by atoms with E-state index in [-0.39, 0.29) is 24.1 Å². The lowest BCUT2D eigenvalue weighted by molar-refractivity contribution is -0.135. The van der Waals surface area contributed by atoms with E-state index in [1.807, 2.05) is 30.3 Å². The van der Waals surface area contributed by atoms with E-state index in [0.717, 1.165) is 5.56 Å². The summed E-state index contributed by atoms with van der Waals surface area (Å²) in [6.07, 6.45) is 1.35. The largest absolute Gasteiger partial charge is 0.341 e. The lowest BCUT2D eigenvalue weighted by atomic mass is 9.98. The first-order valence-electron chi connectivity index (χ1n) is 9.47. The third kappa shape index (κ3) is 5.72. The van der Waals surface area contributed by atoms with Gasteiger partial charge in [-0.3, -0.25) is 4.79 Å². The number of piperidine rings is 1. The van der Waals surface area contributed by atoms with Gasteiger partial charge in [0.15, 0.2) is 0 Å². The Morgan fingerprint density at radius 2 is 1.83 bits per heavy atom. The average Bonchev–Trinajstić information content (AvgIpc) is 2.71. The van der Waals surface area contributed by atoms with Gasteiger partial charge in [-0.05, 0) is 36.1 Å². The average molecular weight is 455 g/mol. The van der Waals surface area contributed by atoms with Crippen LogP contribution in [0.15, 0.2) is 48.5 Å². The highest BCUT2D eigenvalue weighted by Gasteiger charge is 2.33. The van der Waals surface area contributed by atoms with E-state index >= 15 is 0 Å². The van der Waals surface area contributed by atoms with Crippen molar-refractivity contribution < 1.29 is 13.2 Å². The van der Waals surface area contributed by atoms with Crippen molar-refractivity contribution in [2.75, 3.05) is 20.1 Å². The highest BCUT2D eigenvalue weighted by atomic mass is 35.5. The quantitative estimate of drug-likeness (QED) is 0.656. The molecule has 1 saturated heterocycles. The van der Waals surface area contributed by atoms with Crippen molar-refractivity contribution in [2.45, 2.75) is 25.1 Å². The number of carbonyl (C=O) groups is 1.